The second-order valence-electron chi connectivity index (χ2n) is 5.75. The van der Waals surface area contributed by atoms with Crippen molar-refractivity contribution in [3.63, 3.8) is 0 Å². The number of nitrogens with zero attached hydrogens (tertiary/aromatic N) is 1. The van der Waals surface area contributed by atoms with Crippen molar-refractivity contribution >= 4 is 27.3 Å². The maximum Gasteiger partial charge on any atom is 0.419 e. The Balaban J connectivity index is 1.98. The molecule has 0 aliphatic heterocycles. The van der Waals surface area contributed by atoms with Gasteiger partial charge >= 0.3 is 6.18 Å². The van der Waals surface area contributed by atoms with E-state index in [1.54, 1.807) is 0 Å². The molecule has 0 heterocycles. The number of carbonyl (C=O) groups excluding carboxylic acids is 1. The van der Waals surface area contributed by atoms with E-state index in [0.29, 0.717) is 17.8 Å². The lowest BCUT2D eigenvalue weighted by atomic mass is 10.2. The molecule has 2 aromatic carbocycles. The summed E-state index contributed by atoms with van der Waals surface area (Å²) < 4.78 is 80.5. The van der Waals surface area contributed by atoms with Crippen LogP contribution in [0.3, 0.4) is 0 Å². The predicted molar refractivity (Wildman–Crippen MR) is 95.2 cm³/mol. The highest BCUT2D eigenvalue weighted by atomic mass is 32.2. The Morgan fingerprint density at radius 2 is 1.75 bits per heavy atom. The third-order valence-corrected chi connectivity index (χ3v) is 4.83. The molecule has 0 spiro atoms. The highest BCUT2D eigenvalue weighted by molar-refractivity contribution is 7.92. The fraction of sp³-hybridized carbons (Fsp3) is 0.235. The quantitative estimate of drug-likeness (QED) is 0.728. The van der Waals surface area contributed by atoms with Crippen LogP contribution >= 0.6 is 0 Å². The number of halogens is 4. The minimum absolute atomic E-state index is 0.229. The van der Waals surface area contributed by atoms with Gasteiger partial charge < -0.3 is 10.1 Å². The fourth-order valence-corrected chi connectivity index (χ4v) is 2.61. The molecule has 0 fully saturated rings. The van der Waals surface area contributed by atoms with Crippen molar-refractivity contribution in [1.29, 1.82) is 0 Å². The van der Waals surface area contributed by atoms with Gasteiger partial charge in [-0.1, -0.05) is 0 Å². The first-order valence-corrected chi connectivity index (χ1v) is 9.56. The Morgan fingerprint density at radius 1 is 1.14 bits per heavy atom. The number of alkyl halides is 3. The molecule has 0 unspecified atom stereocenters. The van der Waals surface area contributed by atoms with E-state index in [1.807, 2.05) is 0 Å². The minimum Gasteiger partial charge on any atom is -0.484 e. The standard InChI is InChI=1S/C17H16F4N2O4S/c1-23(28(2,25)26)12-4-6-13(7-5-12)27-10-16(24)22-11-3-8-15(18)14(9-11)17(19,20)21/h3-9H,10H2,1-2H3,(H,22,24). The Hall–Kier alpha value is -2.82. The molecule has 1 amide bonds. The number of ether oxygens (including phenoxy) is 1. The average Bonchev–Trinajstić information content (AvgIpc) is 2.59. The molecule has 0 saturated heterocycles. The van der Waals surface area contributed by atoms with Crippen LogP contribution in [0.2, 0.25) is 0 Å². The van der Waals surface area contributed by atoms with Gasteiger partial charge in [0.15, 0.2) is 6.61 Å². The summed E-state index contributed by atoms with van der Waals surface area (Å²) in [5.74, 6) is -1.95. The first kappa shape index (κ1) is 21.5. The Bertz CT molecular complexity index is 960. The lowest BCUT2D eigenvalue weighted by molar-refractivity contribution is -0.140. The molecule has 6 nitrogen and oxygen atoms in total. The number of hydrogen-bond donors (Lipinski definition) is 1. The van der Waals surface area contributed by atoms with Gasteiger partial charge in [-0.25, -0.2) is 12.8 Å². The fourth-order valence-electron chi connectivity index (χ4n) is 2.11. The van der Waals surface area contributed by atoms with E-state index in [2.05, 4.69) is 5.32 Å². The lowest BCUT2D eigenvalue weighted by Crippen LogP contribution is -2.24. The van der Waals surface area contributed by atoms with Crippen molar-refractivity contribution in [2.75, 3.05) is 29.5 Å². The molecule has 0 aliphatic rings. The molecule has 0 aliphatic carbocycles. The van der Waals surface area contributed by atoms with Crippen molar-refractivity contribution in [3.05, 3.63) is 53.8 Å². The van der Waals surface area contributed by atoms with Crippen LogP contribution in [0.4, 0.5) is 28.9 Å². The summed E-state index contributed by atoms with van der Waals surface area (Å²) in [6.07, 6.45) is -3.84. The first-order chi connectivity index (χ1) is 12.9. The van der Waals surface area contributed by atoms with Crippen LogP contribution in [0.15, 0.2) is 42.5 Å². The molecular formula is C17H16F4N2O4S. The molecule has 2 aromatic rings. The summed E-state index contributed by atoms with van der Waals surface area (Å²) in [5.41, 5.74) is -1.34. The van der Waals surface area contributed by atoms with Gasteiger partial charge in [-0.2, -0.15) is 13.2 Å². The van der Waals surface area contributed by atoms with Crippen molar-refractivity contribution in [2.24, 2.45) is 0 Å². The van der Waals surface area contributed by atoms with Crippen LogP contribution in [0.25, 0.3) is 0 Å². The van der Waals surface area contributed by atoms with Gasteiger partial charge in [-0.05, 0) is 42.5 Å². The number of rotatable bonds is 6. The summed E-state index contributed by atoms with van der Waals surface area (Å²) in [6, 6.07) is 7.89. The van der Waals surface area contributed by atoms with Crippen molar-refractivity contribution in [3.8, 4) is 5.75 Å². The number of nitrogens with one attached hydrogen (secondary N) is 1. The van der Waals surface area contributed by atoms with Gasteiger partial charge in [0.2, 0.25) is 10.0 Å². The summed E-state index contributed by atoms with van der Waals surface area (Å²) in [6.45, 7) is -0.514. The lowest BCUT2D eigenvalue weighted by Gasteiger charge is -2.16. The van der Waals surface area contributed by atoms with Crippen LogP contribution in [-0.2, 0) is 21.0 Å². The van der Waals surface area contributed by atoms with E-state index in [0.717, 1.165) is 16.6 Å². The van der Waals surface area contributed by atoms with E-state index in [9.17, 15) is 30.8 Å². The third-order valence-electron chi connectivity index (χ3n) is 3.62. The number of amides is 1. The van der Waals surface area contributed by atoms with Gasteiger partial charge in [0.25, 0.3) is 5.91 Å². The topological polar surface area (TPSA) is 75.7 Å². The third kappa shape index (κ3) is 5.59. The molecule has 0 aromatic heterocycles. The van der Waals surface area contributed by atoms with Gasteiger partial charge in [-0.15, -0.1) is 0 Å². The van der Waals surface area contributed by atoms with E-state index in [1.165, 1.54) is 31.3 Å². The summed E-state index contributed by atoms with van der Waals surface area (Å²) in [5, 5.41) is 2.18. The molecule has 0 bridgehead atoms. The maximum atomic E-state index is 13.2. The van der Waals surface area contributed by atoms with Gasteiger partial charge in [0.05, 0.1) is 17.5 Å². The minimum atomic E-state index is -4.89. The zero-order valence-electron chi connectivity index (χ0n) is 14.7. The SMILES string of the molecule is CN(c1ccc(OCC(=O)Nc2ccc(F)c(C(F)(F)F)c2)cc1)S(C)(=O)=O. The van der Waals surface area contributed by atoms with Crippen molar-refractivity contribution in [1.82, 2.24) is 0 Å². The zero-order valence-corrected chi connectivity index (χ0v) is 15.6. The Kier molecular flexibility index (Phi) is 6.17. The maximum absolute atomic E-state index is 13.2. The van der Waals surface area contributed by atoms with E-state index >= 15 is 0 Å². The summed E-state index contributed by atoms with van der Waals surface area (Å²) in [7, 11) is -2.05. The molecular weight excluding hydrogens is 404 g/mol. The van der Waals surface area contributed by atoms with Crippen molar-refractivity contribution < 1.29 is 35.5 Å². The number of sulfonamides is 1. The predicted octanol–water partition coefficient (Wildman–Crippen LogP) is 3.26. The van der Waals surface area contributed by atoms with Crippen LogP contribution in [0.1, 0.15) is 5.56 Å². The molecule has 0 atom stereocenters. The van der Waals surface area contributed by atoms with Crippen LogP contribution in [0.5, 0.6) is 5.75 Å². The Morgan fingerprint density at radius 3 is 2.29 bits per heavy atom. The molecule has 28 heavy (non-hydrogen) atoms. The second kappa shape index (κ2) is 8.05. The van der Waals surface area contributed by atoms with Gasteiger partial charge in [-0.3, -0.25) is 9.10 Å². The van der Waals surface area contributed by atoms with Crippen LogP contribution < -0.4 is 14.4 Å². The monoisotopic (exact) mass is 420 g/mol. The van der Waals surface area contributed by atoms with Crippen LogP contribution in [0, 0.1) is 5.82 Å². The number of anilines is 2. The largest absolute Gasteiger partial charge is 0.484 e. The van der Waals surface area contributed by atoms with E-state index < -0.39 is 40.1 Å². The molecule has 2 rings (SSSR count). The van der Waals surface area contributed by atoms with E-state index in [-0.39, 0.29) is 11.4 Å². The number of benzene rings is 2. The van der Waals surface area contributed by atoms with Gasteiger partial charge in [0.1, 0.15) is 11.6 Å². The molecule has 0 saturated carbocycles. The highest BCUT2D eigenvalue weighted by Crippen LogP contribution is 2.33. The molecule has 0 radical (unpaired) electrons. The summed E-state index contributed by atoms with van der Waals surface area (Å²) >= 11 is 0. The van der Waals surface area contributed by atoms with E-state index in [4.69, 9.17) is 4.74 Å². The molecule has 11 heteroatoms. The van der Waals surface area contributed by atoms with Gasteiger partial charge in [0, 0.05) is 12.7 Å². The van der Waals surface area contributed by atoms with Crippen LogP contribution in [-0.4, -0.2) is 34.2 Å². The number of hydrogen-bond acceptors (Lipinski definition) is 4. The summed E-state index contributed by atoms with van der Waals surface area (Å²) in [4.78, 5) is 11.8. The second-order valence-corrected chi connectivity index (χ2v) is 7.77. The zero-order chi connectivity index (χ0) is 21.1. The smallest absolute Gasteiger partial charge is 0.419 e. The number of carbonyl (C=O) groups is 1. The van der Waals surface area contributed by atoms with Crippen molar-refractivity contribution in [2.45, 2.75) is 6.18 Å². The normalized spacial score (nSPS) is 11.8. The Labute approximate surface area is 158 Å². The first-order valence-electron chi connectivity index (χ1n) is 7.71. The molecule has 1 N–H and O–H groups in total. The molecule has 152 valence electrons. The highest BCUT2D eigenvalue weighted by Gasteiger charge is 2.34. The average molecular weight is 420 g/mol.